The molecule has 14 heteroatoms. The third-order valence-electron chi connectivity index (χ3n) is 8.17. The Morgan fingerprint density at radius 1 is 0.939 bits per heavy atom. The van der Waals surface area contributed by atoms with Crippen LogP contribution < -0.4 is 5.32 Å². The van der Waals surface area contributed by atoms with Crippen LogP contribution >= 0.6 is 11.3 Å². The summed E-state index contributed by atoms with van der Waals surface area (Å²) in [6.07, 6.45) is -0.590. The largest absolute Gasteiger partial charge is 0.481 e. The van der Waals surface area contributed by atoms with Gasteiger partial charge in [0.05, 0.1) is 81.5 Å². The average Bonchev–Trinajstić information content (AvgIpc) is 3.67. The van der Waals surface area contributed by atoms with Gasteiger partial charge in [0.1, 0.15) is 11.8 Å². The van der Waals surface area contributed by atoms with Gasteiger partial charge >= 0.3 is 5.97 Å². The molecule has 0 radical (unpaired) electrons. The van der Waals surface area contributed by atoms with Crippen LogP contribution in [0.2, 0.25) is 0 Å². The number of aromatic nitrogens is 1. The quantitative estimate of drug-likeness (QED) is 0.154. The Bertz CT molecular complexity index is 1340. The van der Waals surface area contributed by atoms with E-state index >= 15 is 0 Å². The summed E-state index contributed by atoms with van der Waals surface area (Å²) in [4.78, 5) is 57.3. The summed E-state index contributed by atoms with van der Waals surface area (Å²) in [5, 5.41) is 21.9. The average molecular weight is 706 g/mol. The topological polar surface area (TPSA) is 174 Å². The van der Waals surface area contributed by atoms with E-state index in [0.717, 1.165) is 21.7 Å². The minimum atomic E-state index is -0.905. The number of aliphatic carboxylic acids is 1. The van der Waals surface area contributed by atoms with Gasteiger partial charge < -0.3 is 39.4 Å². The van der Waals surface area contributed by atoms with Gasteiger partial charge in [0.25, 0.3) is 0 Å². The Morgan fingerprint density at radius 2 is 1.51 bits per heavy atom. The first kappa shape index (κ1) is 40.2. The number of likely N-dealkylation sites (tertiary alicyclic amines) is 1. The zero-order valence-corrected chi connectivity index (χ0v) is 29.8. The van der Waals surface area contributed by atoms with Crippen molar-refractivity contribution in [2.75, 3.05) is 59.4 Å². The number of amides is 2. The summed E-state index contributed by atoms with van der Waals surface area (Å²) >= 11 is 1.58. The SMILES string of the molecule is Cc1ncsc1-c1ccc(CNC(=O)[C@@H]2C[C@@H](O)CN2C(=O)[C@@H](CC(=O)CCOCCOCCOCCOCCC(=O)O)C(C)(C)C)cc1. The maximum atomic E-state index is 13.8. The molecule has 1 aromatic heterocycles. The van der Waals surface area contributed by atoms with Gasteiger partial charge in [0.2, 0.25) is 11.8 Å². The van der Waals surface area contributed by atoms with Crippen molar-refractivity contribution in [1.29, 1.82) is 0 Å². The molecule has 0 spiro atoms. The molecule has 2 heterocycles. The minimum absolute atomic E-state index is 0.00602. The van der Waals surface area contributed by atoms with Crippen molar-refractivity contribution in [1.82, 2.24) is 15.2 Å². The fraction of sp³-hybridized carbons (Fsp3) is 0.629. The first-order valence-corrected chi connectivity index (χ1v) is 17.5. The monoisotopic (exact) mass is 705 g/mol. The number of β-amino-alcohol motifs (C(OH)–C–C–N with tert-alkyl or cyclic N) is 1. The van der Waals surface area contributed by atoms with Crippen molar-refractivity contribution < 1.29 is 48.3 Å². The van der Waals surface area contributed by atoms with Crippen molar-refractivity contribution in [2.24, 2.45) is 11.3 Å². The van der Waals surface area contributed by atoms with E-state index in [4.69, 9.17) is 24.1 Å². The number of hydrogen-bond donors (Lipinski definition) is 3. The number of carbonyl (C=O) groups excluding carboxylic acids is 3. The lowest BCUT2D eigenvalue weighted by atomic mass is 9.76. The molecule has 1 aliphatic heterocycles. The van der Waals surface area contributed by atoms with Gasteiger partial charge in [0, 0.05) is 38.3 Å². The highest BCUT2D eigenvalue weighted by atomic mass is 32.1. The molecule has 13 nitrogen and oxygen atoms in total. The van der Waals surface area contributed by atoms with Crippen LogP contribution in [0.5, 0.6) is 0 Å². The molecule has 1 fully saturated rings. The summed E-state index contributed by atoms with van der Waals surface area (Å²) in [6.45, 7) is 10.3. The van der Waals surface area contributed by atoms with Crippen LogP contribution in [0.25, 0.3) is 10.4 Å². The van der Waals surface area contributed by atoms with Gasteiger partial charge in [-0.3, -0.25) is 19.2 Å². The van der Waals surface area contributed by atoms with Crippen LogP contribution in [-0.4, -0.2) is 115 Å². The molecule has 2 amide bonds. The fourth-order valence-electron chi connectivity index (χ4n) is 5.37. The number of carbonyl (C=O) groups is 4. The number of aliphatic hydroxyl groups excluding tert-OH is 1. The molecule has 3 rings (SSSR count). The predicted octanol–water partition coefficient (Wildman–Crippen LogP) is 3.25. The Kier molecular flexibility index (Phi) is 16.7. The van der Waals surface area contributed by atoms with Gasteiger partial charge in [-0.15, -0.1) is 11.3 Å². The number of hydrogen-bond acceptors (Lipinski definition) is 11. The van der Waals surface area contributed by atoms with Gasteiger partial charge in [-0.25, -0.2) is 4.98 Å². The lowest BCUT2D eigenvalue weighted by molar-refractivity contribution is -0.146. The number of benzene rings is 1. The standard InChI is InChI=1S/C35H51N3O10S/c1-24-32(49-23-37-24)26-7-5-25(6-8-26)21-36-33(43)30-20-28(40)22-38(30)34(44)29(35(2,3)4)19-27(39)9-11-45-13-15-47-17-18-48-16-14-46-12-10-31(41)42/h5-8,23,28-30,40H,9-22H2,1-4H3,(H,36,43)(H,41,42)/t28-,29-,30+/m1/s1. The smallest absolute Gasteiger partial charge is 0.305 e. The maximum Gasteiger partial charge on any atom is 0.305 e. The summed E-state index contributed by atoms with van der Waals surface area (Å²) in [7, 11) is 0. The number of Topliss-reactive ketones (excluding diaryl/α,β-unsaturated/α-hetero) is 1. The molecule has 1 aromatic carbocycles. The number of aryl methyl sites for hydroxylation is 1. The van der Waals surface area contributed by atoms with Crippen LogP contribution in [0, 0.1) is 18.3 Å². The molecule has 272 valence electrons. The van der Waals surface area contributed by atoms with E-state index in [-0.39, 0.29) is 69.6 Å². The maximum absolute atomic E-state index is 13.8. The minimum Gasteiger partial charge on any atom is -0.481 e. The number of carboxylic acids is 1. The van der Waals surface area contributed by atoms with Gasteiger partial charge in [-0.1, -0.05) is 45.0 Å². The van der Waals surface area contributed by atoms with E-state index in [1.165, 1.54) is 4.90 Å². The van der Waals surface area contributed by atoms with E-state index in [1.807, 2.05) is 57.5 Å². The van der Waals surface area contributed by atoms with Gasteiger partial charge in [-0.05, 0) is 23.5 Å². The molecule has 2 aromatic rings. The molecular weight excluding hydrogens is 654 g/mol. The Labute approximate surface area is 292 Å². The van der Waals surface area contributed by atoms with Crippen molar-refractivity contribution in [2.45, 2.75) is 72.1 Å². The molecular formula is C35H51N3O10S. The number of thiazole rings is 1. The third kappa shape index (κ3) is 13.9. The number of carboxylic acid groups (broad SMARTS) is 1. The van der Waals surface area contributed by atoms with Crippen LogP contribution in [-0.2, 0) is 44.7 Å². The Balaban J connectivity index is 1.38. The number of aliphatic hydroxyl groups is 1. The molecule has 3 atom stereocenters. The van der Waals surface area contributed by atoms with Crippen molar-refractivity contribution in [3.8, 4) is 10.4 Å². The van der Waals surface area contributed by atoms with E-state index in [1.54, 1.807) is 11.3 Å². The van der Waals surface area contributed by atoms with Crippen molar-refractivity contribution >= 4 is 34.9 Å². The molecule has 49 heavy (non-hydrogen) atoms. The molecule has 0 saturated carbocycles. The number of ketones is 1. The summed E-state index contributed by atoms with van der Waals surface area (Å²) in [5.74, 6) is -2.35. The summed E-state index contributed by atoms with van der Waals surface area (Å²) in [6, 6.07) is 7.06. The zero-order chi connectivity index (χ0) is 35.8. The summed E-state index contributed by atoms with van der Waals surface area (Å²) in [5.41, 5.74) is 4.19. The highest BCUT2D eigenvalue weighted by Gasteiger charge is 2.44. The number of nitrogens with zero attached hydrogens (tertiary/aromatic N) is 2. The number of nitrogens with one attached hydrogen (secondary N) is 1. The predicted molar refractivity (Wildman–Crippen MR) is 183 cm³/mol. The Hall–Kier alpha value is -3.27. The second-order valence-electron chi connectivity index (χ2n) is 13.1. The van der Waals surface area contributed by atoms with E-state index in [2.05, 4.69) is 10.3 Å². The molecule has 0 unspecified atom stereocenters. The van der Waals surface area contributed by atoms with Crippen molar-refractivity contribution in [3.05, 3.63) is 41.0 Å². The second kappa shape index (κ2) is 20.4. The van der Waals surface area contributed by atoms with Crippen LogP contribution in [0.15, 0.2) is 29.8 Å². The zero-order valence-electron chi connectivity index (χ0n) is 29.0. The lowest BCUT2D eigenvalue weighted by Gasteiger charge is -2.34. The first-order chi connectivity index (χ1) is 23.4. The molecule has 0 aliphatic carbocycles. The highest BCUT2D eigenvalue weighted by molar-refractivity contribution is 7.13. The second-order valence-corrected chi connectivity index (χ2v) is 13.9. The highest BCUT2D eigenvalue weighted by Crippen LogP contribution is 2.34. The third-order valence-corrected chi connectivity index (χ3v) is 9.15. The lowest BCUT2D eigenvalue weighted by Crippen LogP contribution is -2.50. The van der Waals surface area contributed by atoms with Crippen LogP contribution in [0.3, 0.4) is 0 Å². The number of rotatable bonds is 22. The normalized spacial score (nSPS) is 16.9. The van der Waals surface area contributed by atoms with Crippen molar-refractivity contribution in [3.63, 3.8) is 0 Å². The van der Waals surface area contributed by atoms with Crippen LogP contribution in [0.1, 0.15) is 57.7 Å². The molecule has 1 saturated heterocycles. The van der Waals surface area contributed by atoms with Gasteiger partial charge in [-0.2, -0.15) is 0 Å². The van der Waals surface area contributed by atoms with E-state index in [0.29, 0.717) is 39.6 Å². The molecule has 0 bridgehead atoms. The molecule has 1 aliphatic rings. The molecule has 3 N–H and O–H groups in total. The van der Waals surface area contributed by atoms with E-state index < -0.39 is 29.4 Å². The fourth-order valence-corrected chi connectivity index (χ4v) is 6.18. The summed E-state index contributed by atoms with van der Waals surface area (Å²) < 4.78 is 21.5. The van der Waals surface area contributed by atoms with E-state index in [9.17, 15) is 24.3 Å². The first-order valence-electron chi connectivity index (χ1n) is 16.7. The van der Waals surface area contributed by atoms with Crippen LogP contribution in [0.4, 0.5) is 0 Å². The Morgan fingerprint density at radius 3 is 2.04 bits per heavy atom. The number of ether oxygens (including phenoxy) is 4. The van der Waals surface area contributed by atoms with Gasteiger partial charge in [0.15, 0.2) is 0 Å².